The minimum absolute atomic E-state index is 0.0320. The predicted molar refractivity (Wildman–Crippen MR) is 96.9 cm³/mol. The van der Waals surface area contributed by atoms with Gasteiger partial charge in [-0.15, -0.1) is 0 Å². The summed E-state index contributed by atoms with van der Waals surface area (Å²) in [4.78, 5) is 37.9. The molecule has 2 aliphatic rings. The van der Waals surface area contributed by atoms with Gasteiger partial charge in [0.2, 0.25) is 5.91 Å². The Morgan fingerprint density at radius 1 is 1.26 bits per heavy atom. The van der Waals surface area contributed by atoms with E-state index in [0.29, 0.717) is 30.7 Å². The van der Waals surface area contributed by atoms with Crippen LogP contribution in [0.2, 0.25) is 0 Å². The van der Waals surface area contributed by atoms with Gasteiger partial charge in [-0.25, -0.2) is 4.79 Å². The molecule has 142 valence electrons. The summed E-state index contributed by atoms with van der Waals surface area (Å²) < 4.78 is 5.15. The number of nitriles is 1. The second kappa shape index (κ2) is 8.08. The molecule has 1 saturated heterocycles. The van der Waals surface area contributed by atoms with E-state index >= 15 is 0 Å². The Morgan fingerprint density at radius 2 is 1.96 bits per heavy atom. The number of carbonyl (C=O) groups excluding carboxylic acids is 3. The summed E-state index contributed by atoms with van der Waals surface area (Å²) >= 11 is 0. The maximum atomic E-state index is 12.5. The third-order valence-electron chi connectivity index (χ3n) is 4.93. The quantitative estimate of drug-likeness (QED) is 0.715. The summed E-state index contributed by atoms with van der Waals surface area (Å²) in [5, 5.41) is 14.1. The van der Waals surface area contributed by atoms with E-state index in [2.05, 4.69) is 10.6 Å². The Balaban J connectivity index is 1.44. The number of benzene rings is 1. The average molecular weight is 370 g/mol. The molecule has 1 aliphatic carbocycles. The van der Waals surface area contributed by atoms with Crippen molar-refractivity contribution >= 4 is 23.5 Å². The molecule has 8 nitrogen and oxygen atoms in total. The van der Waals surface area contributed by atoms with Crippen molar-refractivity contribution in [2.75, 3.05) is 18.5 Å². The molecule has 0 radical (unpaired) electrons. The molecule has 3 rings (SSSR count). The fraction of sp³-hybridized carbons (Fsp3) is 0.474. The highest BCUT2D eigenvalue weighted by Crippen LogP contribution is 2.35. The van der Waals surface area contributed by atoms with Crippen molar-refractivity contribution in [1.82, 2.24) is 10.2 Å². The number of hydrogen-bond donors (Lipinski definition) is 2. The number of rotatable bonds is 7. The normalized spacial score (nSPS) is 17.7. The van der Waals surface area contributed by atoms with Crippen molar-refractivity contribution in [3.63, 3.8) is 0 Å². The van der Waals surface area contributed by atoms with Gasteiger partial charge in [0, 0.05) is 18.7 Å². The maximum absolute atomic E-state index is 12.5. The highest BCUT2D eigenvalue weighted by Gasteiger charge is 2.51. The Kier molecular flexibility index (Phi) is 5.60. The SMILES string of the molecule is N#CCOc1ccc(NC(=O)CCCN2C(=O)NC3(CCCC3)C2=O)cc1. The summed E-state index contributed by atoms with van der Waals surface area (Å²) in [5.41, 5.74) is -0.0847. The zero-order chi connectivity index (χ0) is 19.3. The molecule has 27 heavy (non-hydrogen) atoms. The molecule has 0 unspecified atom stereocenters. The molecule has 4 amide bonds. The monoisotopic (exact) mass is 370 g/mol. The average Bonchev–Trinajstić information content (AvgIpc) is 3.21. The van der Waals surface area contributed by atoms with Crippen LogP contribution in [0.1, 0.15) is 38.5 Å². The first-order valence-corrected chi connectivity index (χ1v) is 9.08. The predicted octanol–water partition coefficient (Wildman–Crippen LogP) is 2.17. The molecule has 2 fully saturated rings. The van der Waals surface area contributed by atoms with Crippen LogP contribution in [0.5, 0.6) is 5.75 Å². The molecule has 1 spiro atoms. The lowest BCUT2D eigenvalue weighted by atomic mass is 9.98. The molecule has 8 heteroatoms. The minimum Gasteiger partial charge on any atom is -0.479 e. The van der Waals surface area contributed by atoms with Crippen LogP contribution in [0.15, 0.2) is 24.3 Å². The molecule has 0 bridgehead atoms. The molecule has 1 saturated carbocycles. The standard InChI is InChI=1S/C19H22N4O4/c20-11-13-27-15-7-5-14(6-8-15)21-16(24)4-3-12-23-17(25)19(22-18(23)26)9-1-2-10-19/h5-8H,1-4,9-10,12-13H2,(H,21,24)(H,22,26). The van der Waals surface area contributed by atoms with Gasteiger partial charge >= 0.3 is 6.03 Å². The van der Waals surface area contributed by atoms with E-state index in [0.717, 1.165) is 12.8 Å². The van der Waals surface area contributed by atoms with Crippen molar-refractivity contribution in [3.8, 4) is 11.8 Å². The number of hydrogen-bond acceptors (Lipinski definition) is 5. The van der Waals surface area contributed by atoms with Crippen LogP contribution in [0, 0.1) is 11.3 Å². The summed E-state index contributed by atoms with van der Waals surface area (Å²) in [5.74, 6) is 0.204. The highest BCUT2D eigenvalue weighted by molar-refractivity contribution is 6.07. The second-order valence-corrected chi connectivity index (χ2v) is 6.80. The smallest absolute Gasteiger partial charge is 0.325 e. The van der Waals surface area contributed by atoms with Crippen molar-refractivity contribution in [1.29, 1.82) is 5.26 Å². The number of ether oxygens (including phenoxy) is 1. The van der Waals surface area contributed by atoms with Crippen LogP contribution in [0.3, 0.4) is 0 Å². The van der Waals surface area contributed by atoms with Gasteiger partial charge in [0.15, 0.2) is 6.61 Å². The van der Waals surface area contributed by atoms with Crippen LogP contribution in [-0.4, -0.2) is 41.4 Å². The molecule has 2 N–H and O–H groups in total. The van der Waals surface area contributed by atoms with Gasteiger partial charge in [-0.2, -0.15) is 5.26 Å². The summed E-state index contributed by atoms with van der Waals surface area (Å²) in [7, 11) is 0. The van der Waals surface area contributed by atoms with Crippen molar-refractivity contribution in [2.45, 2.75) is 44.1 Å². The fourth-order valence-electron chi connectivity index (χ4n) is 3.57. The van der Waals surface area contributed by atoms with E-state index in [4.69, 9.17) is 10.00 Å². The number of imide groups is 1. The Bertz CT molecular complexity index is 763. The van der Waals surface area contributed by atoms with Gasteiger partial charge in [-0.05, 0) is 43.5 Å². The van der Waals surface area contributed by atoms with E-state index in [1.54, 1.807) is 24.3 Å². The van der Waals surface area contributed by atoms with Gasteiger partial charge in [0.25, 0.3) is 5.91 Å². The van der Waals surface area contributed by atoms with Crippen molar-refractivity contribution in [2.24, 2.45) is 0 Å². The van der Waals surface area contributed by atoms with E-state index in [-0.39, 0.29) is 37.4 Å². The lowest BCUT2D eigenvalue weighted by Crippen LogP contribution is -2.44. The highest BCUT2D eigenvalue weighted by atomic mass is 16.5. The van der Waals surface area contributed by atoms with Crippen molar-refractivity contribution < 1.29 is 19.1 Å². The van der Waals surface area contributed by atoms with Crippen LogP contribution in [0.25, 0.3) is 0 Å². The van der Waals surface area contributed by atoms with Crippen molar-refractivity contribution in [3.05, 3.63) is 24.3 Å². The Morgan fingerprint density at radius 3 is 2.63 bits per heavy atom. The molecule has 0 aromatic heterocycles. The van der Waals surface area contributed by atoms with Gasteiger partial charge < -0.3 is 15.4 Å². The first kappa shape index (κ1) is 18.7. The van der Waals surface area contributed by atoms with E-state index in [1.165, 1.54) is 4.90 Å². The zero-order valence-electron chi connectivity index (χ0n) is 15.0. The fourth-order valence-corrected chi connectivity index (χ4v) is 3.57. The summed E-state index contributed by atoms with van der Waals surface area (Å²) in [6.45, 7) is 0.205. The number of anilines is 1. The lowest BCUT2D eigenvalue weighted by Gasteiger charge is -2.19. The Labute approximate surface area is 157 Å². The maximum Gasteiger partial charge on any atom is 0.325 e. The molecule has 1 heterocycles. The molecular formula is C19H22N4O4. The first-order valence-electron chi connectivity index (χ1n) is 9.08. The number of carbonyl (C=O) groups is 3. The lowest BCUT2D eigenvalue weighted by molar-refractivity contribution is -0.131. The number of urea groups is 1. The van der Waals surface area contributed by atoms with Gasteiger partial charge in [0.05, 0.1) is 0 Å². The summed E-state index contributed by atoms with van der Waals surface area (Å²) in [6.07, 6.45) is 3.90. The van der Waals surface area contributed by atoms with E-state index in [9.17, 15) is 14.4 Å². The topological polar surface area (TPSA) is 112 Å². The number of nitrogens with one attached hydrogen (secondary N) is 2. The molecular weight excluding hydrogens is 348 g/mol. The second-order valence-electron chi connectivity index (χ2n) is 6.80. The first-order chi connectivity index (χ1) is 13.0. The molecule has 1 aliphatic heterocycles. The van der Waals surface area contributed by atoms with E-state index in [1.807, 2.05) is 6.07 Å². The zero-order valence-corrected chi connectivity index (χ0v) is 15.0. The number of amides is 4. The van der Waals surface area contributed by atoms with Crippen LogP contribution >= 0.6 is 0 Å². The third-order valence-corrected chi connectivity index (χ3v) is 4.93. The number of nitrogens with zero attached hydrogens (tertiary/aromatic N) is 2. The van der Waals surface area contributed by atoms with Crippen LogP contribution < -0.4 is 15.4 Å². The van der Waals surface area contributed by atoms with Gasteiger partial charge in [-0.1, -0.05) is 12.8 Å². The van der Waals surface area contributed by atoms with Crippen LogP contribution in [0.4, 0.5) is 10.5 Å². The van der Waals surface area contributed by atoms with E-state index < -0.39 is 5.54 Å². The largest absolute Gasteiger partial charge is 0.479 e. The molecule has 1 aromatic carbocycles. The van der Waals surface area contributed by atoms with Gasteiger partial charge in [0.1, 0.15) is 17.4 Å². The summed E-state index contributed by atoms with van der Waals surface area (Å²) in [6, 6.07) is 8.24. The third kappa shape index (κ3) is 4.19. The minimum atomic E-state index is -0.700. The van der Waals surface area contributed by atoms with Gasteiger partial charge in [-0.3, -0.25) is 14.5 Å². The molecule has 1 aromatic rings. The Hall–Kier alpha value is -3.08. The molecule has 0 atom stereocenters. The van der Waals surface area contributed by atoms with Crippen LogP contribution in [-0.2, 0) is 9.59 Å².